The molecule has 4 heterocycles. The molecule has 2 aliphatic rings. The van der Waals surface area contributed by atoms with Gasteiger partial charge in [0.15, 0.2) is 28.4 Å². The van der Waals surface area contributed by atoms with Gasteiger partial charge >= 0.3 is 5.97 Å². The van der Waals surface area contributed by atoms with E-state index in [2.05, 4.69) is 4.98 Å². The van der Waals surface area contributed by atoms with E-state index in [0.29, 0.717) is 41.2 Å². The number of ether oxygens (including phenoxy) is 4. The summed E-state index contributed by atoms with van der Waals surface area (Å²) in [7, 11) is 1.41. The largest absolute Gasteiger partial charge is 0.507 e. The number of aromatic amines is 1. The highest BCUT2D eigenvalue weighted by atomic mass is 16.6. The minimum absolute atomic E-state index is 0.0317. The van der Waals surface area contributed by atoms with Crippen molar-refractivity contribution in [1.29, 1.82) is 0 Å². The van der Waals surface area contributed by atoms with E-state index < -0.39 is 28.6 Å². The van der Waals surface area contributed by atoms with E-state index >= 15 is 0 Å². The molecule has 0 aliphatic carbocycles. The fourth-order valence-electron chi connectivity index (χ4n) is 5.43. The number of phenolic OH excluding ortho intramolecular Hbond substituents is 2. The van der Waals surface area contributed by atoms with Crippen LogP contribution in [-0.2, 0) is 4.79 Å². The number of esters is 1. The number of methoxy groups -OCH3 is 1. The number of carbonyl (C=O) groups is 1. The molecule has 0 fully saturated rings. The molecule has 7 rings (SSSR count). The molecule has 3 aromatic carbocycles. The van der Waals surface area contributed by atoms with Gasteiger partial charge in [0.25, 0.3) is 5.56 Å². The van der Waals surface area contributed by atoms with Crippen LogP contribution in [0.15, 0.2) is 62.5 Å². The molecule has 5 aromatic rings. The molecular weight excluding hydrogens is 534 g/mol. The number of hydrogen-bond donors (Lipinski definition) is 3. The molecule has 2 aromatic heterocycles. The maximum Gasteiger partial charge on any atom is 0.312 e. The van der Waals surface area contributed by atoms with Crippen LogP contribution in [0.25, 0.3) is 33.2 Å². The monoisotopic (exact) mass is 555 g/mol. The number of carbonyl (C=O) groups excluding carboxylic acids is 1. The van der Waals surface area contributed by atoms with E-state index in [9.17, 15) is 24.6 Å². The van der Waals surface area contributed by atoms with Crippen LogP contribution in [0.1, 0.15) is 23.5 Å². The average molecular weight is 555 g/mol. The van der Waals surface area contributed by atoms with Crippen LogP contribution in [0.5, 0.6) is 34.5 Å². The topological polar surface area (TPSA) is 158 Å². The zero-order chi connectivity index (χ0) is 28.4. The predicted octanol–water partition coefficient (Wildman–Crippen LogP) is 3.93. The highest BCUT2D eigenvalue weighted by molar-refractivity contribution is 5.93. The van der Waals surface area contributed by atoms with Crippen molar-refractivity contribution in [2.24, 2.45) is 0 Å². The Labute approximate surface area is 230 Å². The quantitative estimate of drug-likeness (QED) is 0.220. The summed E-state index contributed by atoms with van der Waals surface area (Å²) in [6, 6.07) is 11.9. The van der Waals surface area contributed by atoms with E-state index in [1.165, 1.54) is 31.4 Å². The third-order valence-corrected chi connectivity index (χ3v) is 7.30. The molecule has 0 amide bonds. The van der Waals surface area contributed by atoms with Gasteiger partial charge in [-0.3, -0.25) is 14.4 Å². The van der Waals surface area contributed by atoms with Gasteiger partial charge in [0.1, 0.15) is 41.4 Å². The maximum atomic E-state index is 13.4. The predicted molar refractivity (Wildman–Crippen MR) is 145 cm³/mol. The van der Waals surface area contributed by atoms with E-state index in [1.807, 2.05) is 0 Å². The van der Waals surface area contributed by atoms with Crippen LogP contribution in [0.2, 0.25) is 0 Å². The Morgan fingerprint density at radius 1 is 0.902 bits per heavy atom. The molecule has 2 aliphatic heterocycles. The summed E-state index contributed by atoms with van der Waals surface area (Å²) >= 11 is 0. The number of aromatic nitrogens is 1. The number of fused-ring (bicyclic) bond motifs is 5. The lowest BCUT2D eigenvalue weighted by atomic mass is 9.85. The van der Waals surface area contributed by atoms with Gasteiger partial charge in [-0.1, -0.05) is 0 Å². The molecule has 41 heavy (non-hydrogen) atoms. The number of phenols is 2. The normalized spacial score (nSPS) is 15.9. The second-order valence-electron chi connectivity index (χ2n) is 9.74. The molecule has 11 nitrogen and oxygen atoms in total. The average Bonchev–Trinajstić information content (AvgIpc) is 2.94. The standard InChI is InChI=1S/C30H21NO10/c1-37-21-3-2-13(7-18(21)32)22-11-19(33)28-20(34)12-25-27(29(28)41-22)15(9-26(35)40-25)16-6-14-8-23-24(39-5-4-38-23)10-17(14)31-30(16)36/h2-3,6-8,10-12,15,32,34H,4-5,9H2,1H3,(H,31,36)/t15-/m0/s1. The van der Waals surface area contributed by atoms with Gasteiger partial charge in [0.05, 0.1) is 19.0 Å². The molecule has 206 valence electrons. The molecule has 0 spiro atoms. The molecule has 0 unspecified atom stereocenters. The van der Waals surface area contributed by atoms with Gasteiger partial charge in [-0.25, -0.2) is 0 Å². The van der Waals surface area contributed by atoms with Gasteiger partial charge in [-0.05, 0) is 30.3 Å². The first-order valence-electron chi connectivity index (χ1n) is 12.7. The number of benzene rings is 3. The minimum Gasteiger partial charge on any atom is -0.507 e. The van der Waals surface area contributed by atoms with E-state index in [1.54, 1.807) is 24.3 Å². The van der Waals surface area contributed by atoms with Crippen molar-refractivity contribution in [3.05, 3.63) is 80.2 Å². The Hall–Kier alpha value is -5.45. The zero-order valence-corrected chi connectivity index (χ0v) is 21.5. The van der Waals surface area contributed by atoms with Crippen LogP contribution in [0.3, 0.4) is 0 Å². The van der Waals surface area contributed by atoms with Crippen molar-refractivity contribution in [3.63, 3.8) is 0 Å². The molecular formula is C30H21NO10. The first kappa shape index (κ1) is 24.6. The van der Waals surface area contributed by atoms with E-state index in [-0.39, 0.29) is 51.5 Å². The fourth-order valence-corrected chi connectivity index (χ4v) is 5.43. The smallest absolute Gasteiger partial charge is 0.312 e. The fraction of sp³-hybridized carbons (Fsp3) is 0.167. The first-order valence-corrected chi connectivity index (χ1v) is 12.7. The van der Waals surface area contributed by atoms with Crippen LogP contribution in [0, 0.1) is 0 Å². The van der Waals surface area contributed by atoms with Crippen molar-refractivity contribution in [3.8, 4) is 45.8 Å². The van der Waals surface area contributed by atoms with Crippen LogP contribution >= 0.6 is 0 Å². The highest BCUT2D eigenvalue weighted by Crippen LogP contribution is 2.46. The van der Waals surface area contributed by atoms with Crippen molar-refractivity contribution < 1.29 is 38.4 Å². The van der Waals surface area contributed by atoms with Crippen molar-refractivity contribution >= 4 is 27.8 Å². The summed E-state index contributed by atoms with van der Waals surface area (Å²) in [6.07, 6.45) is -0.219. The van der Waals surface area contributed by atoms with Gasteiger partial charge in [0.2, 0.25) is 0 Å². The molecule has 0 saturated heterocycles. The Bertz CT molecular complexity index is 2040. The van der Waals surface area contributed by atoms with Crippen LogP contribution < -0.4 is 29.9 Å². The summed E-state index contributed by atoms with van der Waals surface area (Å²) in [6.45, 7) is 0.782. The second-order valence-corrected chi connectivity index (χ2v) is 9.74. The van der Waals surface area contributed by atoms with Crippen molar-refractivity contribution in [2.45, 2.75) is 12.3 Å². The third kappa shape index (κ3) is 3.93. The Balaban J connectivity index is 1.47. The lowest BCUT2D eigenvalue weighted by Gasteiger charge is -2.26. The Morgan fingerprint density at radius 2 is 1.68 bits per heavy atom. The number of nitrogens with one attached hydrogen (secondary N) is 1. The molecule has 3 N–H and O–H groups in total. The summed E-state index contributed by atoms with van der Waals surface area (Å²) in [5.41, 5.74) is 0.301. The summed E-state index contributed by atoms with van der Waals surface area (Å²) < 4.78 is 28.0. The molecule has 1 atom stereocenters. The molecule has 0 bridgehead atoms. The number of pyridine rings is 1. The molecule has 11 heteroatoms. The Morgan fingerprint density at radius 3 is 2.44 bits per heavy atom. The Kier molecular flexibility index (Phi) is 5.43. The summed E-state index contributed by atoms with van der Waals surface area (Å²) in [5, 5.41) is 21.5. The third-order valence-electron chi connectivity index (χ3n) is 7.30. The zero-order valence-electron chi connectivity index (χ0n) is 21.5. The highest BCUT2D eigenvalue weighted by Gasteiger charge is 2.35. The molecule has 0 saturated carbocycles. The maximum absolute atomic E-state index is 13.4. The summed E-state index contributed by atoms with van der Waals surface area (Å²) in [4.78, 5) is 42.2. The van der Waals surface area contributed by atoms with Crippen LogP contribution in [-0.4, -0.2) is 41.5 Å². The van der Waals surface area contributed by atoms with Crippen molar-refractivity contribution in [1.82, 2.24) is 4.98 Å². The lowest BCUT2D eigenvalue weighted by Crippen LogP contribution is -2.26. The number of hydrogen-bond acceptors (Lipinski definition) is 10. The van der Waals surface area contributed by atoms with Gasteiger partial charge in [-0.2, -0.15) is 0 Å². The van der Waals surface area contributed by atoms with Gasteiger partial charge in [0, 0.05) is 46.2 Å². The second kappa shape index (κ2) is 9.05. The van der Waals surface area contributed by atoms with Gasteiger partial charge < -0.3 is 38.6 Å². The van der Waals surface area contributed by atoms with Gasteiger partial charge in [-0.15, -0.1) is 0 Å². The SMILES string of the molecule is COc1ccc(-c2cc(=O)c3c(O)cc4c(c3o2)[C@H](c2cc3cc5c(cc3[nH]c2=O)OCCO5)CC(=O)O4)cc1O. The molecule has 0 radical (unpaired) electrons. The minimum atomic E-state index is -0.877. The number of rotatable bonds is 3. The number of H-pyrrole nitrogens is 1. The van der Waals surface area contributed by atoms with E-state index in [0.717, 1.165) is 0 Å². The number of aromatic hydroxyl groups is 2. The van der Waals surface area contributed by atoms with Crippen molar-refractivity contribution in [2.75, 3.05) is 20.3 Å². The summed E-state index contributed by atoms with van der Waals surface area (Å²) in [5.74, 6) is -0.792. The lowest BCUT2D eigenvalue weighted by molar-refractivity contribution is -0.135. The van der Waals surface area contributed by atoms with E-state index in [4.69, 9.17) is 23.4 Å². The van der Waals surface area contributed by atoms with Crippen LogP contribution in [0.4, 0.5) is 0 Å². The first-order chi connectivity index (χ1) is 19.8.